The molecule has 1 heterocycles. The molecule has 3 N–H and O–H groups in total. The number of nitrogens with one attached hydrogen (secondary N) is 1. The van der Waals surface area contributed by atoms with Gasteiger partial charge in [-0.25, -0.2) is 9.97 Å². The molecule has 0 fully saturated rings. The number of nitrogen functional groups attached to an aromatic ring is 1. The van der Waals surface area contributed by atoms with Gasteiger partial charge in [0.1, 0.15) is 6.33 Å². The lowest BCUT2D eigenvalue weighted by molar-refractivity contribution is 1.21. The number of aromatic nitrogens is 2. The Hall–Kier alpha value is -1.68. The van der Waals surface area contributed by atoms with Crippen molar-refractivity contribution in [2.75, 3.05) is 5.43 Å². The Morgan fingerprint density at radius 2 is 2.23 bits per heavy atom. The molecule has 2 aromatic rings. The monoisotopic (exact) mass is 174 g/mol. The highest BCUT2D eigenvalue weighted by molar-refractivity contribution is 5.84. The van der Waals surface area contributed by atoms with E-state index in [0.29, 0.717) is 0 Å². The number of hydrogen-bond acceptors (Lipinski definition) is 4. The second kappa shape index (κ2) is 2.99. The lowest BCUT2D eigenvalue weighted by atomic mass is 10.1. The van der Waals surface area contributed by atoms with E-state index in [2.05, 4.69) is 15.4 Å². The largest absolute Gasteiger partial charge is 0.324 e. The molecule has 0 atom stereocenters. The van der Waals surface area contributed by atoms with E-state index in [1.807, 2.05) is 19.1 Å². The summed E-state index contributed by atoms with van der Waals surface area (Å²) in [7, 11) is 0. The van der Waals surface area contributed by atoms with Crippen molar-refractivity contribution in [3.63, 3.8) is 0 Å². The smallest absolute Gasteiger partial charge is 0.116 e. The van der Waals surface area contributed by atoms with Crippen LogP contribution in [0.4, 0.5) is 5.69 Å². The molecule has 0 aliphatic carbocycles. The number of benzene rings is 1. The van der Waals surface area contributed by atoms with Crippen LogP contribution < -0.4 is 11.3 Å². The SMILES string of the molecule is Cc1cc(NN)cc2ncncc12. The fourth-order valence-corrected chi connectivity index (χ4v) is 1.34. The highest BCUT2D eigenvalue weighted by Crippen LogP contribution is 2.19. The minimum Gasteiger partial charge on any atom is -0.324 e. The summed E-state index contributed by atoms with van der Waals surface area (Å²) >= 11 is 0. The highest BCUT2D eigenvalue weighted by atomic mass is 15.2. The van der Waals surface area contributed by atoms with Crippen LogP contribution in [0.3, 0.4) is 0 Å². The zero-order valence-electron chi connectivity index (χ0n) is 7.28. The zero-order valence-corrected chi connectivity index (χ0v) is 7.28. The quantitative estimate of drug-likeness (QED) is 0.504. The number of aryl methyl sites for hydroxylation is 1. The van der Waals surface area contributed by atoms with Gasteiger partial charge >= 0.3 is 0 Å². The molecule has 0 aliphatic rings. The molecule has 1 aromatic carbocycles. The molecule has 0 bridgehead atoms. The highest BCUT2D eigenvalue weighted by Gasteiger charge is 1.99. The number of fused-ring (bicyclic) bond motifs is 1. The van der Waals surface area contributed by atoms with Crippen molar-refractivity contribution < 1.29 is 0 Å². The predicted molar refractivity (Wildman–Crippen MR) is 52.1 cm³/mol. The molecule has 1 aromatic heterocycles. The van der Waals surface area contributed by atoms with Gasteiger partial charge in [0, 0.05) is 11.6 Å². The number of nitrogens with zero attached hydrogens (tertiary/aromatic N) is 2. The van der Waals surface area contributed by atoms with Gasteiger partial charge in [-0.3, -0.25) is 5.84 Å². The number of nitrogens with two attached hydrogens (primary N) is 1. The fraction of sp³-hybridized carbons (Fsp3) is 0.111. The molecule has 13 heavy (non-hydrogen) atoms. The second-order valence-corrected chi connectivity index (χ2v) is 2.89. The maximum Gasteiger partial charge on any atom is 0.116 e. The summed E-state index contributed by atoms with van der Waals surface area (Å²) in [6, 6.07) is 3.86. The van der Waals surface area contributed by atoms with Gasteiger partial charge in [0.2, 0.25) is 0 Å². The summed E-state index contributed by atoms with van der Waals surface area (Å²) in [6.45, 7) is 2.01. The van der Waals surface area contributed by atoms with Gasteiger partial charge in [-0.1, -0.05) is 0 Å². The molecule has 2 rings (SSSR count). The van der Waals surface area contributed by atoms with Gasteiger partial charge in [0.25, 0.3) is 0 Å². The molecule has 4 nitrogen and oxygen atoms in total. The van der Waals surface area contributed by atoms with E-state index in [0.717, 1.165) is 22.2 Å². The Labute approximate surface area is 75.8 Å². The third-order valence-electron chi connectivity index (χ3n) is 2.00. The second-order valence-electron chi connectivity index (χ2n) is 2.89. The molecule has 0 unspecified atom stereocenters. The Morgan fingerprint density at radius 1 is 1.38 bits per heavy atom. The van der Waals surface area contributed by atoms with E-state index in [-0.39, 0.29) is 0 Å². The van der Waals surface area contributed by atoms with E-state index >= 15 is 0 Å². The summed E-state index contributed by atoms with van der Waals surface area (Å²) in [6.07, 6.45) is 3.33. The Morgan fingerprint density at radius 3 is 3.00 bits per heavy atom. The van der Waals surface area contributed by atoms with E-state index < -0.39 is 0 Å². The number of rotatable bonds is 1. The van der Waals surface area contributed by atoms with Gasteiger partial charge in [-0.15, -0.1) is 0 Å². The van der Waals surface area contributed by atoms with Crippen LogP contribution in [0.1, 0.15) is 5.56 Å². The Balaban J connectivity index is 2.77. The van der Waals surface area contributed by atoms with Gasteiger partial charge in [-0.2, -0.15) is 0 Å². The van der Waals surface area contributed by atoms with Crippen molar-refractivity contribution in [2.45, 2.75) is 6.92 Å². The van der Waals surface area contributed by atoms with Crippen molar-refractivity contribution in [1.82, 2.24) is 9.97 Å². The standard InChI is InChI=1S/C9H10N4/c1-6-2-7(13-10)3-9-8(6)4-11-5-12-9/h2-5,13H,10H2,1H3. The minimum atomic E-state index is 0.865. The molecule has 0 saturated carbocycles. The maximum atomic E-state index is 5.32. The van der Waals surface area contributed by atoms with Crippen LogP contribution in [0, 0.1) is 6.92 Å². The van der Waals surface area contributed by atoms with Crippen molar-refractivity contribution >= 4 is 16.6 Å². The first-order valence-electron chi connectivity index (χ1n) is 3.98. The van der Waals surface area contributed by atoms with E-state index in [9.17, 15) is 0 Å². The van der Waals surface area contributed by atoms with Crippen LogP contribution in [0.5, 0.6) is 0 Å². The fourth-order valence-electron chi connectivity index (χ4n) is 1.34. The van der Waals surface area contributed by atoms with Crippen LogP contribution in [0.15, 0.2) is 24.7 Å². The zero-order chi connectivity index (χ0) is 9.26. The molecule has 0 radical (unpaired) electrons. The summed E-state index contributed by atoms with van der Waals surface area (Å²) in [4.78, 5) is 8.11. The molecule has 4 heteroatoms. The van der Waals surface area contributed by atoms with Crippen LogP contribution in [0.2, 0.25) is 0 Å². The van der Waals surface area contributed by atoms with Crippen molar-refractivity contribution in [2.24, 2.45) is 5.84 Å². The van der Waals surface area contributed by atoms with Crippen molar-refractivity contribution in [1.29, 1.82) is 0 Å². The first kappa shape index (κ1) is 7.94. The molecule has 0 amide bonds. The predicted octanol–water partition coefficient (Wildman–Crippen LogP) is 1.22. The Bertz CT molecular complexity index is 439. The lowest BCUT2D eigenvalue weighted by Crippen LogP contribution is -2.06. The van der Waals surface area contributed by atoms with E-state index in [1.54, 1.807) is 6.20 Å². The lowest BCUT2D eigenvalue weighted by Gasteiger charge is -2.04. The topological polar surface area (TPSA) is 63.8 Å². The first-order chi connectivity index (χ1) is 6.31. The molecule has 0 spiro atoms. The summed E-state index contributed by atoms with van der Waals surface area (Å²) in [5.41, 5.74) is 5.49. The molecular weight excluding hydrogens is 164 g/mol. The van der Waals surface area contributed by atoms with Crippen molar-refractivity contribution in [3.8, 4) is 0 Å². The average Bonchev–Trinajstić information content (AvgIpc) is 2.18. The van der Waals surface area contributed by atoms with Crippen LogP contribution >= 0.6 is 0 Å². The van der Waals surface area contributed by atoms with Gasteiger partial charge in [0.15, 0.2) is 0 Å². The van der Waals surface area contributed by atoms with Crippen LogP contribution in [-0.2, 0) is 0 Å². The average molecular weight is 174 g/mol. The Kier molecular flexibility index (Phi) is 1.83. The third-order valence-corrected chi connectivity index (χ3v) is 2.00. The molecular formula is C9H10N4. The third kappa shape index (κ3) is 1.31. The van der Waals surface area contributed by atoms with Crippen molar-refractivity contribution in [3.05, 3.63) is 30.2 Å². The summed E-state index contributed by atoms with van der Waals surface area (Å²) in [5, 5.41) is 1.06. The van der Waals surface area contributed by atoms with Gasteiger partial charge in [-0.05, 0) is 24.6 Å². The normalized spacial score (nSPS) is 10.3. The van der Waals surface area contributed by atoms with Crippen LogP contribution in [-0.4, -0.2) is 9.97 Å². The van der Waals surface area contributed by atoms with E-state index in [1.165, 1.54) is 6.33 Å². The number of anilines is 1. The number of hydrogen-bond donors (Lipinski definition) is 2. The number of hydrazine groups is 1. The van der Waals surface area contributed by atoms with Gasteiger partial charge < -0.3 is 5.43 Å². The molecule has 66 valence electrons. The summed E-state index contributed by atoms with van der Waals surface area (Å²) in [5.74, 6) is 5.32. The minimum absolute atomic E-state index is 0.865. The maximum absolute atomic E-state index is 5.32. The van der Waals surface area contributed by atoms with Crippen LogP contribution in [0.25, 0.3) is 10.9 Å². The van der Waals surface area contributed by atoms with E-state index in [4.69, 9.17) is 5.84 Å². The molecule has 0 saturated heterocycles. The van der Waals surface area contributed by atoms with Gasteiger partial charge in [0.05, 0.1) is 11.2 Å². The first-order valence-corrected chi connectivity index (χ1v) is 3.98. The summed E-state index contributed by atoms with van der Waals surface area (Å²) < 4.78 is 0. The molecule has 0 aliphatic heterocycles.